The Morgan fingerprint density at radius 2 is 1.89 bits per heavy atom. The van der Waals surface area contributed by atoms with Crippen LogP contribution in [0.5, 0.6) is 0 Å². The summed E-state index contributed by atoms with van der Waals surface area (Å²) >= 11 is 0. The third-order valence-electron chi connectivity index (χ3n) is 2.26. The van der Waals surface area contributed by atoms with Gasteiger partial charge in [-0.25, -0.2) is 13.2 Å². The van der Waals surface area contributed by atoms with Gasteiger partial charge in [0.05, 0.1) is 13.2 Å². The zero-order valence-corrected chi connectivity index (χ0v) is 10.6. The fraction of sp³-hybridized carbons (Fsp3) is 0.417. The minimum absolute atomic E-state index is 0.00838. The number of carbonyl (C=O) groups excluding carboxylic acids is 1. The molecule has 0 heterocycles. The van der Waals surface area contributed by atoms with Gasteiger partial charge in [0, 0.05) is 31.0 Å². The van der Waals surface area contributed by atoms with Gasteiger partial charge in [-0.05, 0) is 6.92 Å². The lowest BCUT2D eigenvalue weighted by Gasteiger charge is -2.13. The predicted molar refractivity (Wildman–Crippen MR) is 64.3 cm³/mol. The van der Waals surface area contributed by atoms with Gasteiger partial charge in [-0.2, -0.15) is 0 Å². The van der Waals surface area contributed by atoms with Gasteiger partial charge in [-0.3, -0.25) is 4.79 Å². The lowest BCUT2D eigenvalue weighted by Crippen LogP contribution is -2.39. The number of anilines is 1. The Morgan fingerprint density at radius 1 is 1.32 bits per heavy atom. The highest BCUT2D eigenvalue weighted by atomic mass is 19.2. The third kappa shape index (κ3) is 4.78. The van der Waals surface area contributed by atoms with Crippen molar-refractivity contribution in [1.82, 2.24) is 5.32 Å². The molecule has 1 aromatic rings. The van der Waals surface area contributed by atoms with E-state index in [1.54, 1.807) is 6.92 Å². The summed E-state index contributed by atoms with van der Waals surface area (Å²) in [5.74, 6) is -4.52. The largest absolute Gasteiger partial charge is 0.383 e. The van der Waals surface area contributed by atoms with Crippen LogP contribution in [0.1, 0.15) is 6.92 Å². The fourth-order valence-corrected chi connectivity index (χ4v) is 1.46. The molecule has 0 saturated heterocycles. The minimum atomic E-state index is -1.54. The molecule has 0 bridgehead atoms. The number of rotatable bonds is 6. The summed E-state index contributed by atoms with van der Waals surface area (Å²) in [6.07, 6.45) is 0. The molecule has 19 heavy (non-hydrogen) atoms. The van der Waals surface area contributed by atoms with Crippen molar-refractivity contribution in [3.05, 3.63) is 29.6 Å². The molecule has 4 nitrogen and oxygen atoms in total. The zero-order chi connectivity index (χ0) is 14.4. The van der Waals surface area contributed by atoms with Crippen molar-refractivity contribution < 1.29 is 22.7 Å². The number of carbonyl (C=O) groups is 1. The van der Waals surface area contributed by atoms with Crippen LogP contribution in [0, 0.1) is 17.5 Å². The Morgan fingerprint density at radius 3 is 2.42 bits per heavy atom. The number of ether oxygens (including phenoxy) is 1. The maximum absolute atomic E-state index is 12.9. The van der Waals surface area contributed by atoms with Crippen LogP contribution in [0.15, 0.2) is 12.1 Å². The maximum Gasteiger partial charge on any atom is 0.239 e. The first-order valence-electron chi connectivity index (χ1n) is 5.60. The van der Waals surface area contributed by atoms with Crippen molar-refractivity contribution in [1.29, 1.82) is 0 Å². The molecule has 1 unspecified atom stereocenters. The molecule has 0 fully saturated rings. The molecule has 106 valence electrons. The number of halogens is 3. The van der Waals surface area contributed by atoms with Crippen LogP contribution in [-0.2, 0) is 9.53 Å². The topological polar surface area (TPSA) is 50.4 Å². The first-order chi connectivity index (χ1) is 8.93. The van der Waals surface area contributed by atoms with Gasteiger partial charge in [0.1, 0.15) is 0 Å². The Balaban J connectivity index is 2.51. The number of nitrogens with one attached hydrogen (secondary N) is 2. The van der Waals surface area contributed by atoms with Gasteiger partial charge in [-0.1, -0.05) is 0 Å². The Kier molecular flexibility index (Phi) is 5.62. The Bertz CT molecular complexity index is 432. The van der Waals surface area contributed by atoms with Crippen LogP contribution in [0.25, 0.3) is 0 Å². The van der Waals surface area contributed by atoms with E-state index in [1.807, 2.05) is 0 Å². The van der Waals surface area contributed by atoms with E-state index < -0.39 is 17.5 Å². The second kappa shape index (κ2) is 6.98. The average Bonchev–Trinajstić information content (AvgIpc) is 2.33. The highest BCUT2D eigenvalue weighted by molar-refractivity contribution is 5.80. The molecule has 0 radical (unpaired) electrons. The highest BCUT2D eigenvalue weighted by Crippen LogP contribution is 2.16. The molecule has 1 atom stereocenters. The van der Waals surface area contributed by atoms with Crippen molar-refractivity contribution in [3.63, 3.8) is 0 Å². The molecule has 0 aromatic heterocycles. The van der Waals surface area contributed by atoms with Gasteiger partial charge < -0.3 is 15.4 Å². The minimum Gasteiger partial charge on any atom is -0.383 e. The Hall–Kier alpha value is -1.76. The normalized spacial score (nSPS) is 12.1. The van der Waals surface area contributed by atoms with Crippen molar-refractivity contribution in [3.8, 4) is 0 Å². The summed E-state index contributed by atoms with van der Waals surface area (Å²) < 4.78 is 43.3. The second-order valence-electron chi connectivity index (χ2n) is 4.03. The van der Waals surface area contributed by atoms with Crippen LogP contribution in [0.4, 0.5) is 18.9 Å². The van der Waals surface area contributed by atoms with E-state index >= 15 is 0 Å². The van der Waals surface area contributed by atoms with Crippen molar-refractivity contribution in [2.24, 2.45) is 0 Å². The van der Waals surface area contributed by atoms with Gasteiger partial charge in [0.15, 0.2) is 17.5 Å². The van der Waals surface area contributed by atoms with E-state index in [1.165, 1.54) is 7.11 Å². The second-order valence-corrected chi connectivity index (χ2v) is 4.03. The summed E-state index contributed by atoms with van der Waals surface area (Å²) in [5.41, 5.74) is -0.00838. The van der Waals surface area contributed by atoms with Gasteiger partial charge >= 0.3 is 0 Å². The fourth-order valence-electron chi connectivity index (χ4n) is 1.46. The van der Waals surface area contributed by atoms with Crippen LogP contribution in [0.2, 0.25) is 0 Å². The average molecular weight is 276 g/mol. The zero-order valence-electron chi connectivity index (χ0n) is 10.6. The summed E-state index contributed by atoms with van der Waals surface area (Å²) in [6.45, 7) is 1.92. The van der Waals surface area contributed by atoms with Gasteiger partial charge in [0.2, 0.25) is 5.91 Å². The lowest BCUT2D eigenvalue weighted by molar-refractivity contribution is -0.120. The quantitative estimate of drug-likeness (QED) is 0.777. The molecule has 1 rings (SSSR count). The van der Waals surface area contributed by atoms with E-state index in [2.05, 4.69) is 10.6 Å². The number of hydrogen-bond donors (Lipinski definition) is 2. The number of amides is 1. The van der Waals surface area contributed by atoms with E-state index in [4.69, 9.17) is 4.74 Å². The summed E-state index contributed by atoms with van der Waals surface area (Å²) in [7, 11) is 1.50. The molecular weight excluding hydrogens is 261 g/mol. The third-order valence-corrected chi connectivity index (χ3v) is 2.26. The van der Waals surface area contributed by atoms with Crippen LogP contribution >= 0.6 is 0 Å². The lowest BCUT2D eigenvalue weighted by atomic mass is 10.3. The molecule has 0 saturated carbocycles. The van der Waals surface area contributed by atoms with Crippen molar-refractivity contribution in [2.45, 2.75) is 13.0 Å². The van der Waals surface area contributed by atoms with E-state index in [0.29, 0.717) is 6.61 Å². The van der Waals surface area contributed by atoms with Gasteiger partial charge in [0.25, 0.3) is 0 Å². The molecule has 1 amide bonds. The first-order valence-corrected chi connectivity index (χ1v) is 5.60. The molecule has 0 aliphatic rings. The van der Waals surface area contributed by atoms with E-state index in [0.717, 1.165) is 12.1 Å². The van der Waals surface area contributed by atoms with Crippen molar-refractivity contribution in [2.75, 3.05) is 25.6 Å². The van der Waals surface area contributed by atoms with Crippen LogP contribution in [-0.4, -0.2) is 32.2 Å². The number of methoxy groups -OCH3 is 1. The summed E-state index contributed by atoms with van der Waals surface area (Å²) in [6, 6.07) is 1.38. The van der Waals surface area contributed by atoms with Crippen molar-refractivity contribution >= 4 is 11.6 Å². The monoisotopic (exact) mass is 276 g/mol. The SMILES string of the molecule is COCC(C)NC(=O)CNc1cc(F)c(F)c(F)c1. The number of hydrogen-bond acceptors (Lipinski definition) is 3. The van der Waals surface area contributed by atoms with E-state index in [9.17, 15) is 18.0 Å². The summed E-state index contributed by atoms with van der Waals surface area (Å²) in [4.78, 5) is 11.4. The van der Waals surface area contributed by atoms with E-state index in [-0.39, 0.29) is 24.2 Å². The van der Waals surface area contributed by atoms with Crippen LogP contribution in [0.3, 0.4) is 0 Å². The smallest absolute Gasteiger partial charge is 0.239 e. The van der Waals surface area contributed by atoms with Crippen LogP contribution < -0.4 is 10.6 Å². The maximum atomic E-state index is 12.9. The number of benzene rings is 1. The molecule has 0 spiro atoms. The van der Waals surface area contributed by atoms with Gasteiger partial charge in [-0.15, -0.1) is 0 Å². The predicted octanol–water partition coefficient (Wildman–Crippen LogP) is 1.67. The standard InChI is InChI=1S/C12H15F3N2O2/c1-7(6-19-2)17-11(18)5-16-8-3-9(13)12(15)10(14)4-8/h3-4,7,16H,5-6H2,1-2H3,(H,17,18). The molecule has 2 N–H and O–H groups in total. The summed E-state index contributed by atoms with van der Waals surface area (Å²) in [5, 5.41) is 5.10. The Labute approximate surface area is 108 Å². The molecule has 7 heteroatoms. The first kappa shape index (κ1) is 15.3. The molecule has 0 aliphatic carbocycles. The molecule has 1 aromatic carbocycles. The molecule has 0 aliphatic heterocycles. The molecular formula is C12H15F3N2O2. The highest BCUT2D eigenvalue weighted by Gasteiger charge is 2.11.